The second kappa shape index (κ2) is 5.04. The maximum atomic E-state index is 14.0. The summed E-state index contributed by atoms with van der Waals surface area (Å²) in [5.41, 5.74) is 0.919. The number of methoxy groups -OCH3 is 2. The third-order valence-electron chi connectivity index (χ3n) is 2.65. The summed E-state index contributed by atoms with van der Waals surface area (Å²) in [6, 6.07) is 9.40. The van der Waals surface area contributed by atoms with Gasteiger partial charge in [-0.25, -0.2) is 8.78 Å². The number of benzene rings is 2. The van der Waals surface area contributed by atoms with E-state index in [-0.39, 0.29) is 11.3 Å². The Kier molecular flexibility index (Phi) is 3.46. The van der Waals surface area contributed by atoms with E-state index >= 15 is 0 Å². The first-order valence-corrected chi connectivity index (χ1v) is 5.33. The van der Waals surface area contributed by atoms with Gasteiger partial charge in [0, 0.05) is 5.56 Å². The molecule has 0 aliphatic rings. The summed E-state index contributed by atoms with van der Waals surface area (Å²) in [7, 11) is 2.79. The van der Waals surface area contributed by atoms with Crippen LogP contribution in [0.25, 0.3) is 11.1 Å². The maximum absolute atomic E-state index is 14.0. The van der Waals surface area contributed by atoms with Gasteiger partial charge in [-0.3, -0.25) is 0 Å². The first-order chi connectivity index (χ1) is 8.67. The molecule has 0 bridgehead atoms. The fraction of sp³-hybridized carbons (Fsp3) is 0.143. The van der Waals surface area contributed by atoms with Gasteiger partial charge in [0.2, 0.25) is 0 Å². The zero-order chi connectivity index (χ0) is 13.1. The van der Waals surface area contributed by atoms with Gasteiger partial charge in [-0.15, -0.1) is 0 Å². The molecule has 2 nitrogen and oxygen atoms in total. The molecule has 2 rings (SSSR count). The Labute approximate surface area is 104 Å². The molecule has 2 aromatic carbocycles. The van der Waals surface area contributed by atoms with Crippen LogP contribution in [0, 0.1) is 11.6 Å². The molecule has 0 N–H and O–H groups in total. The Morgan fingerprint density at radius 3 is 2.06 bits per heavy atom. The monoisotopic (exact) mass is 250 g/mol. The van der Waals surface area contributed by atoms with Crippen molar-refractivity contribution >= 4 is 0 Å². The molecule has 94 valence electrons. The average Bonchev–Trinajstić information content (AvgIpc) is 2.40. The van der Waals surface area contributed by atoms with Crippen LogP contribution in [0.1, 0.15) is 0 Å². The van der Waals surface area contributed by atoms with Crippen LogP contribution < -0.4 is 9.47 Å². The summed E-state index contributed by atoms with van der Waals surface area (Å²) in [5.74, 6) is -1.12. The van der Waals surface area contributed by atoms with Crippen LogP contribution in [0.4, 0.5) is 8.78 Å². The van der Waals surface area contributed by atoms with Gasteiger partial charge in [-0.1, -0.05) is 12.1 Å². The number of rotatable bonds is 3. The summed E-state index contributed by atoms with van der Waals surface area (Å²) < 4.78 is 37.0. The van der Waals surface area contributed by atoms with Crippen LogP contribution in [0.2, 0.25) is 0 Å². The second-order valence-corrected chi connectivity index (χ2v) is 3.67. The zero-order valence-corrected chi connectivity index (χ0v) is 10.0. The third-order valence-corrected chi connectivity index (χ3v) is 2.65. The predicted molar refractivity (Wildman–Crippen MR) is 64.9 cm³/mol. The fourth-order valence-corrected chi connectivity index (χ4v) is 1.71. The molecule has 0 saturated heterocycles. The van der Waals surface area contributed by atoms with E-state index in [4.69, 9.17) is 9.47 Å². The lowest BCUT2D eigenvalue weighted by Crippen LogP contribution is -1.95. The summed E-state index contributed by atoms with van der Waals surface area (Å²) in [6.07, 6.45) is 0. The van der Waals surface area contributed by atoms with E-state index in [1.807, 2.05) is 0 Å². The molecule has 18 heavy (non-hydrogen) atoms. The van der Waals surface area contributed by atoms with Crippen LogP contribution >= 0.6 is 0 Å². The van der Waals surface area contributed by atoms with Gasteiger partial charge in [-0.2, -0.15) is 0 Å². The van der Waals surface area contributed by atoms with Crippen molar-refractivity contribution < 1.29 is 18.3 Å². The molecular formula is C14H12F2O2. The van der Waals surface area contributed by atoms with Gasteiger partial charge in [0.25, 0.3) is 0 Å². The first kappa shape index (κ1) is 12.4. The summed E-state index contributed by atoms with van der Waals surface area (Å²) in [4.78, 5) is 0. The second-order valence-electron chi connectivity index (χ2n) is 3.67. The standard InChI is InChI=1S/C14H12F2O2/c1-17-10-5-3-9(4-6-10)11-7-8-12(15)14(18-2)13(11)16/h3-8H,1-2H3. The van der Waals surface area contributed by atoms with Gasteiger partial charge < -0.3 is 9.47 Å². The van der Waals surface area contributed by atoms with Gasteiger partial charge in [0.15, 0.2) is 17.4 Å². The van der Waals surface area contributed by atoms with E-state index in [0.717, 1.165) is 0 Å². The van der Waals surface area contributed by atoms with Crippen molar-refractivity contribution in [2.24, 2.45) is 0 Å². The lowest BCUT2D eigenvalue weighted by molar-refractivity contribution is 0.360. The van der Waals surface area contributed by atoms with Crippen molar-refractivity contribution in [3.05, 3.63) is 48.0 Å². The van der Waals surface area contributed by atoms with Crippen molar-refractivity contribution in [1.82, 2.24) is 0 Å². The molecule has 0 amide bonds. The molecule has 0 unspecified atom stereocenters. The van der Waals surface area contributed by atoms with Gasteiger partial charge in [-0.05, 0) is 29.8 Å². The normalized spacial score (nSPS) is 10.2. The molecule has 0 saturated carbocycles. The molecule has 0 aliphatic carbocycles. The summed E-state index contributed by atoms with van der Waals surface area (Å²) in [5, 5.41) is 0. The maximum Gasteiger partial charge on any atom is 0.191 e. The zero-order valence-electron chi connectivity index (χ0n) is 10.0. The Morgan fingerprint density at radius 2 is 1.50 bits per heavy atom. The van der Waals surface area contributed by atoms with Gasteiger partial charge in [0.05, 0.1) is 14.2 Å². The predicted octanol–water partition coefficient (Wildman–Crippen LogP) is 3.65. The third kappa shape index (κ3) is 2.14. The van der Waals surface area contributed by atoms with E-state index in [9.17, 15) is 8.78 Å². The van der Waals surface area contributed by atoms with Crippen molar-refractivity contribution in [2.45, 2.75) is 0 Å². The molecule has 0 radical (unpaired) electrons. The Bertz CT molecular complexity index is 550. The summed E-state index contributed by atoms with van der Waals surface area (Å²) in [6.45, 7) is 0. The lowest BCUT2D eigenvalue weighted by atomic mass is 10.0. The van der Waals surface area contributed by atoms with Crippen LogP contribution in [0.15, 0.2) is 36.4 Å². The molecule has 0 heterocycles. The SMILES string of the molecule is COc1ccc(-c2ccc(F)c(OC)c2F)cc1. The minimum Gasteiger partial charge on any atom is -0.497 e. The molecular weight excluding hydrogens is 238 g/mol. The smallest absolute Gasteiger partial charge is 0.191 e. The number of ether oxygens (including phenoxy) is 2. The quantitative estimate of drug-likeness (QED) is 0.827. The van der Waals surface area contributed by atoms with Gasteiger partial charge in [0.1, 0.15) is 5.75 Å². The van der Waals surface area contributed by atoms with Crippen LogP contribution in [0.3, 0.4) is 0 Å². The highest BCUT2D eigenvalue weighted by atomic mass is 19.1. The van der Waals surface area contributed by atoms with Crippen molar-refractivity contribution in [2.75, 3.05) is 14.2 Å². The van der Waals surface area contributed by atoms with E-state index in [1.54, 1.807) is 31.4 Å². The molecule has 0 fully saturated rings. The number of hydrogen-bond acceptors (Lipinski definition) is 2. The van der Waals surface area contributed by atoms with E-state index in [2.05, 4.69) is 0 Å². The molecule has 2 aromatic rings. The van der Waals surface area contributed by atoms with E-state index < -0.39 is 11.6 Å². The van der Waals surface area contributed by atoms with Gasteiger partial charge >= 0.3 is 0 Å². The van der Waals surface area contributed by atoms with E-state index in [0.29, 0.717) is 11.3 Å². The minimum absolute atomic E-state index is 0.288. The number of halogens is 2. The van der Waals surface area contributed by atoms with E-state index in [1.165, 1.54) is 19.2 Å². The largest absolute Gasteiger partial charge is 0.497 e. The number of hydrogen-bond donors (Lipinski definition) is 0. The summed E-state index contributed by atoms with van der Waals surface area (Å²) >= 11 is 0. The Hall–Kier alpha value is -2.10. The molecule has 0 aromatic heterocycles. The first-order valence-electron chi connectivity index (χ1n) is 5.33. The molecule has 0 aliphatic heterocycles. The minimum atomic E-state index is -0.715. The fourth-order valence-electron chi connectivity index (χ4n) is 1.71. The highest BCUT2D eigenvalue weighted by molar-refractivity contribution is 5.66. The lowest BCUT2D eigenvalue weighted by Gasteiger charge is -2.09. The van der Waals surface area contributed by atoms with Crippen molar-refractivity contribution in [3.8, 4) is 22.6 Å². The van der Waals surface area contributed by atoms with Crippen LogP contribution in [0.5, 0.6) is 11.5 Å². The topological polar surface area (TPSA) is 18.5 Å². The highest BCUT2D eigenvalue weighted by Crippen LogP contribution is 2.31. The Morgan fingerprint density at radius 1 is 0.833 bits per heavy atom. The van der Waals surface area contributed by atoms with Crippen LogP contribution in [-0.2, 0) is 0 Å². The van der Waals surface area contributed by atoms with Crippen LogP contribution in [-0.4, -0.2) is 14.2 Å². The Balaban J connectivity index is 2.50. The molecule has 0 spiro atoms. The average molecular weight is 250 g/mol. The van der Waals surface area contributed by atoms with Crippen molar-refractivity contribution in [1.29, 1.82) is 0 Å². The highest BCUT2D eigenvalue weighted by Gasteiger charge is 2.15. The molecule has 0 atom stereocenters. The molecule has 4 heteroatoms. The van der Waals surface area contributed by atoms with Crippen molar-refractivity contribution in [3.63, 3.8) is 0 Å².